The lowest BCUT2D eigenvalue weighted by Gasteiger charge is -2.09. The van der Waals surface area contributed by atoms with Crippen molar-refractivity contribution in [2.45, 2.75) is 19.3 Å². The standard InChI is InChI=1S/C19H19F3N4O.HI/c20-19(21,22)27-16-7-5-13(6-8-16)12-25-18(23)24-10-9-15-11-14-3-1-2-4-17(14)26-15;/h1-8,11,26H,9-10,12H2,(H3,23,24,25);1H. The van der Waals surface area contributed by atoms with Gasteiger partial charge in [-0.15, -0.1) is 37.1 Å². The Bertz CT molecular complexity index is 890. The van der Waals surface area contributed by atoms with Crippen LogP contribution in [0.4, 0.5) is 13.2 Å². The molecule has 2 aromatic carbocycles. The van der Waals surface area contributed by atoms with E-state index in [9.17, 15) is 13.2 Å². The minimum Gasteiger partial charge on any atom is -0.406 e. The van der Waals surface area contributed by atoms with E-state index in [-0.39, 0.29) is 42.2 Å². The average Bonchev–Trinajstić information content (AvgIpc) is 3.02. The van der Waals surface area contributed by atoms with Crippen molar-refractivity contribution in [3.8, 4) is 5.75 Å². The van der Waals surface area contributed by atoms with E-state index in [1.807, 2.05) is 24.3 Å². The zero-order valence-corrected chi connectivity index (χ0v) is 17.1. The Hall–Kier alpha value is -2.43. The Kier molecular flexibility index (Phi) is 7.55. The van der Waals surface area contributed by atoms with Crippen LogP contribution in [0.3, 0.4) is 0 Å². The summed E-state index contributed by atoms with van der Waals surface area (Å²) in [5, 5.41) is 4.18. The first-order valence-electron chi connectivity index (χ1n) is 8.34. The number of hydrogen-bond acceptors (Lipinski definition) is 2. The maximum atomic E-state index is 12.1. The number of nitrogens with two attached hydrogens (primary N) is 1. The van der Waals surface area contributed by atoms with Gasteiger partial charge >= 0.3 is 6.36 Å². The Morgan fingerprint density at radius 1 is 1.11 bits per heavy atom. The number of aliphatic imine (C=N–C) groups is 1. The second-order valence-electron chi connectivity index (χ2n) is 5.95. The van der Waals surface area contributed by atoms with Crippen LogP contribution in [0, 0.1) is 0 Å². The lowest BCUT2D eigenvalue weighted by atomic mass is 10.2. The highest BCUT2D eigenvalue weighted by Crippen LogP contribution is 2.22. The highest BCUT2D eigenvalue weighted by molar-refractivity contribution is 14.0. The van der Waals surface area contributed by atoms with Crippen molar-refractivity contribution in [2.24, 2.45) is 10.7 Å². The SMILES string of the molecule is I.NC(=NCc1ccc(OC(F)(F)F)cc1)NCCc1cc2ccccc2[nH]1. The monoisotopic (exact) mass is 504 g/mol. The molecule has 0 fully saturated rings. The number of fused-ring (bicyclic) bond motifs is 1. The Morgan fingerprint density at radius 2 is 1.82 bits per heavy atom. The van der Waals surface area contributed by atoms with Crippen molar-refractivity contribution >= 4 is 40.8 Å². The van der Waals surface area contributed by atoms with Crippen LogP contribution in [0.15, 0.2) is 59.6 Å². The van der Waals surface area contributed by atoms with Crippen LogP contribution in [-0.2, 0) is 13.0 Å². The molecule has 3 aromatic rings. The topological polar surface area (TPSA) is 75.4 Å². The van der Waals surface area contributed by atoms with Crippen LogP contribution in [-0.4, -0.2) is 23.9 Å². The fourth-order valence-corrected chi connectivity index (χ4v) is 2.62. The van der Waals surface area contributed by atoms with E-state index in [0.29, 0.717) is 6.54 Å². The molecule has 0 radical (unpaired) electrons. The quantitative estimate of drug-likeness (QED) is 0.266. The molecule has 1 heterocycles. The van der Waals surface area contributed by atoms with Crippen molar-refractivity contribution in [2.75, 3.05) is 6.54 Å². The van der Waals surface area contributed by atoms with Crippen LogP contribution in [0.5, 0.6) is 5.75 Å². The molecule has 0 saturated carbocycles. The molecule has 0 aliphatic carbocycles. The van der Waals surface area contributed by atoms with Crippen LogP contribution in [0.2, 0.25) is 0 Å². The number of para-hydroxylation sites is 1. The summed E-state index contributed by atoms with van der Waals surface area (Å²) in [7, 11) is 0. The summed E-state index contributed by atoms with van der Waals surface area (Å²) in [6, 6.07) is 15.7. The van der Waals surface area contributed by atoms with Gasteiger partial charge in [-0.05, 0) is 35.2 Å². The molecule has 150 valence electrons. The summed E-state index contributed by atoms with van der Waals surface area (Å²) >= 11 is 0. The van der Waals surface area contributed by atoms with E-state index >= 15 is 0 Å². The van der Waals surface area contributed by atoms with E-state index < -0.39 is 6.36 Å². The first-order valence-corrected chi connectivity index (χ1v) is 8.34. The molecule has 0 aliphatic rings. The van der Waals surface area contributed by atoms with Crippen molar-refractivity contribution < 1.29 is 17.9 Å². The summed E-state index contributed by atoms with van der Waals surface area (Å²) in [5.74, 6) is 0.0152. The number of ether oxygens (including phenoxy) is 1. The van der Waals surface area contributed by atoms with E-state index in [1.54, 1.807) is 0 Å². The minimum absolute atomic E-state index is 0. The molecular formula is C19H20F3IN4O. The molecule has 0 saturated heterocycles. The van der Waals surface area contributed by atoms with E-state index in [1.165, 1.54) is 24.3 Å². The summed E-state index contributed by atoms with van der Waals surface area (Å²) < 4.78 is 40.2. The van der Waals surface area contributed by atoms with Gasteiger partial charge < -0.3 is 20.8 Å². The molecule has 0 spiro atoms. The molecule has 28 heavy (non-hydrogen) atoms. The van der Waals surface area contributed by atoms with Crippen molar-refractivity contribution in [3.63, 3.8) is 0 Å². The highest BCUT2D eigenvalue weighted by atomic mass is 127. The van der Waals surface area contributed by atoms with Gasteiger partial charge in [0.2, 0.25) is 0 Å². The van der Waals surface area contributed by atoms with Crippen molar-refractivity contribution in [1.82, 2.24) is 10.3 Å². The smallest absolute Gasteiger partial charge is 0.406 e. The summed E-state index contributed by atoms with van der Waals surface area (Å²) in [6.07, 6.45) is -3.94. The van der Waals surface area contributed by atoms with E-state index in [2.05, 4.69) is 26.1 Å². The summed E-state index contributed by atoms with van der Waals surface area (Å²) in [6.45, 7) is 0.873. The molecule has 0 bridgehead atoms. The molecular weight excluding hydrogens is 484 g/mol. The van der Waals surface area contributed by atoms with Gasteiger partial charge in [0.25, 0.3) is 0 Å². The third-order valence-electron chi connectivity index (χ3n) is 3.88. The molecule has 5 nitrogen and oxygen atoms in total. The number of halogens is 4. The minimum atomic E-state index is -4.70. The maximum Gasteiger partial charge on any atom is 0.573 e. The molecule has 0 aliphatic heterocycles. The van der Waals surface area contributed by atoms with Gasteiger partial charge in [-0.1, -0.05) is 30.3 Å². The highest BCUT2D eigenvalue weighted by Gasteiger charge is 2.30. The normalized spacial score (nSPS) is 11.9. The molecule has 0 atom stereocenters. The Balaban J connectivity index is 0.00000280. The first-order chi connectivity index (χ1) is 12.9. The number of nitrogens with one attached hydrogen (secondary N) is 2. The van der Waals surface area contributed by atoms with Crippen LogP contribution < -0.4 is 15.8 Å². The number of guanidine groups is 1. The largest absolute Gasteiger partial charge is 0.573 e. The fraction of sp³-hybridized carbons (Fsp3) is 0.211. The number of hydrogen-bond donors (Lipinski definition) is 3. The van der Waals surface area contributed by atoms with Crippen LogP contribution in [0.1, 0.15) is 11.3 Å². The van der Waals surface area contributed by atoms with Crippen LogP contribution >= 0.6 is 24.0 Å². The van der Waals surface area contributed by atoms with Crippen molar-refractivity contribution in [3.05, 3.63) is 65.9 Å². The molecule has 3 rings (SSSR count). The molecule has 9 heteroatoms. The molecule has 4 N–H and O–H groups in total. The third-order valence-corrected chi connectivity index (χ3v) is 3.88. The number of alkyl halides is 3. The van der Waals surface area contributed by atoms with Gasteiger partial charge in [0, 0.05) is 24.2 Å². The number of aromatic nitrogens is 1. The number of H-pyrrole nitrogens is 1. The Labute approximate surface area is 177 Å². The maximum absolute atomic E-state index is 12.1. The van der Waals surface area contributed by atoms with Gasteiger partial charge in [0.05, 0.1) is 6.54 Å². The van der Waals surface area contributed by atoms with E-state index in [4.69, 9.17) is 5.73 Å². The zero-order valence-electron chi connectivity index (χ0n) is 14.8. The average molecular weight is 504 g/mol. The number of rotatable bonds is 6. The number of aromatic amines is 1. The fourth-order valence-electron chi connectivity index (χ4n) is 2.62. The van der Waals surface area contributed by atoms with Gasteiger partial charge in [0.15, 0.2) is 5.96 Å². The lowest BCUT2D eigenvalue weighted by molar-refractivity contribution is -0.274. The van der Waals surface area contributed by atoms with Gasteiger partial charge in [-0.2, -0.15) is 0 Å². The van der Waals surface area contributed by atoms with E-state index in [0.717, 1.165) is 28.6 Å². The van der Waals surface area contributed by atoms with Crippen LogP contribution in [0.25, 0.3) is 10.9 Å². The predicted molar refractivity (Wildman–Crippen MR) is 114 cm³/mol. The van der Waals surface area contributed by atoms with Crippen molar-refractivity contribution in [1.29, 1.82) is 0 Å². The molecule has 1 aromatic heterocycles. The van der Waals surface area contributed by atoms with Gasteiger partial charge in [0.1, 0.15) is 5.75 Å². The first kappa shape index (κ1) is 21.9. The number of nitrogens with zero attached hydrogens (tertiary/aromatic N) is 1. The second-order valence-corrected chi connectivity index (χ2v) is 5.95. The molecule has 0 unspecified atom stereocenters. The zero-order chi connectivity index (χ0) is 19.3. The summed E-state index contributed by atoms with van der Waals surface area (Å²) in [5.41, 5.74) is 8.74. The Morgan fingerprint density at radius 3 is 2.50 bits per heavy atom. The third kappa shape index (κ3) is 6.63. The number of benzene rings is 2. The van der Waals surface area contributed by atoms with Gasteiger partial charge in [-0.25, -0.2) is 4.99 Å². The molecule has 0 amide bonds. The summed E-state index contributed by atoms with van der Waals surface area (Å²) in [4.78, 5) is 7.52. The second kappa shape index (κ2) is 9.67. The predicted octanol–water partition coefficient (Wildman–Crippen LogP) is 4.33. The lowest BCUT2D eigenvalue weighted by Crippen LogP contribution is -2.33. The van der Waals surface area contributed by atoms with Gasteiger partial charge in [-0.3, -0.25) is 0 Å².